The van der Waals surface area contributed by atoms with Gasteiger partial charge in [-0.25, -0.2) is 4.79 Å². The van der Waals surface area contributed by atoms with Crippen molar-refractivity contribution in [3.05, 3.63) is 0 Å². The molecule has 8 heteroatoms. The summed E-state index contributed by atoms with van der Waals surface area (Å²) >= 11 is 0. The van der Waals surface area contributed by atoms with Gasteiger partial charge in [0.15, 0.2) is 5.60 Å². The second-order valence-electron chi connectivity index (χ2n) is 4.50. The Kier molecular flexibility index (Phi) is 8.32. The largest absolute Gasteiger partial charge is 0.466 e. The summed E-state index contributed by atoms with van der Waals surface area (Å²) in [7, 11) is 0. The third kappa shape index (κ3) is 5.44. The highest BCUT2D eigenvalue weighted by Crippen LogP contribution is 2.28. The van der Waals surface area contributed by atoms with E-state index in [9.17, 15) is 24.3 Å². The number of hydrogen-bond donors (Lipinski definition) is 1. The first-order chi connectivity index (χ1) is 10.2. The maximum absolute atomic E-state index is 12.0. The number of ether oxygens (including phenoxy) is 3. The number of hydrogen-bond acceptors (Lipinski definition) is 8. The molecule has 0 aliphatic heterocycles. The first-order valence-electron chi connectivity index (χ1n) is 7.00. The maximum atomic E-state index is 12.0. The highest BCUT2D eigenvalue weighted by molar-refractivity contribution is 5.94. The van der Waals surface area contributed by atoms with Gasteiger partial charge >= 0.3 is 23.9 Å². The number of rotatable bonds is 8. The van der Waals surface area contributed by atoms with Crippen LogP contribution in [0.15, 0.2) is 0 Å². The Hall–Kier alpha value is -1.96. The van der Waals surface area contributed by atoms with E-state index in [1.54, 1.807) is 6.92 Å². The normalized spacial score (nSPS) is 14.4. The summed E-state index contributed by atoms with van der Waals surface area (Å²) in [6.07, 6.45) is -0.813. The fourth-order valence-corrected chi connectivity index (χ4v) is 1.94. The van der Waals surface area contributed by atoms with Crippen LogP contribution in [0, 0.1) is 5.92 Å². The lowest BCUT2D eigenvalue weighted by Gasteiger charge is -2.30. The molecular weight excluding hydrogens is 296 g/mol. The Bertz CT molecular complexity index is 431. The van der Waals surface area contributed by atoms with E-state index in [-0.39, 0.29) is 19.6 Å². The molecule has 0 bridgehead atoms. The minimum Gasteiger partial charge on any atom is -0.466 e. The van der Waals surface area contributed by atoms with Crippen LogP contribution >= 0.6 is 0 Å². The van der Waals surface area contributed by atoms with Crippen LogP contribution in [0.3, 0.4) is 0 Å². The number of aliphatic hydroxyl groups is 1. The van der Waals surface area contributed by atoms with E-state index < -0.39 is 41.8 Å². The molecule has 0 aromatic carbocycles. The summed E-state index contributed by atoms with van der Waals surface area (Å²) in [6.45, 7) is 5.58. The van der Waals surface area contributed by atoms with Gasteiger partial charge in [-0.05, 0) is 20.3 Å². The van der Waals surface area contributed by atoms with Gasteiger partial charge in [0.2, 0.25) is 0 Å². The molecule has 0 radical (unpaired) electrons. The molecule has 22 heavy (non-hydrogen) atoms. The van der Waals surface area contributed by atoms with Crippen molar-refractivity contribution < 1.29 is 38.5 Å². The third-order valence-electron chi connectivity index (χ3n) is 2.86. The lowest BCUT2D eigenvalue weighted by Crippen LogP contribution is -2.52. The zero-order valence-corrected chi connectivity index (χ0v) is 13.2. The average Bonchev–Trinajstić information content (AvgIpc) is 2.38. The van der Waals surface area contributed by atoms with E-state index >= 15 is 0 Å². The van der Waals surface area contributed by atoms with Gasteiger partial charge < -0.3 is 19.3 Å². The summed E-state index contributed by atoms with van der Waals surface area (Å²) in [5.41, 5.74) is -2.45. The molecule has 0 rings (SSSR count). The van der Waals surface area contributed by atoms with Gasteiger partial charge in [-0.15, -0.1) is 0 Å². The van der Waals surface area contributed by atoms with Crippen LogP contribution in [0.4, 0.5) is 0 Å². The van der Waals surface area contributed by atoms with Gasteiger partial charge in [0, 0.05) is 6.92 Å². The van der Waals surface area contributed by atoms with E-state index in [4.69, 9.17) is 9.47 Å². The fraction of sp³-hybridized carbons (Fsp3) is 0.714. The van der Waals surface area contributed by atoms with Gasteiger partial charge in [-0.1, -0.05) is 6.92 Å². The average molecular weight is 318 g/mol. The van der Waals surface area contributed by atoms with Crippen LogP contribution in [0.5, 0.6) is 0 Å². The lowest BCUT2D eigenvalue weighted by molar-refractivity contribution is -0.187. The molecule has 0 amide bonds. The zero-order valence-electron chi connectivity index (χ0n) is 13.2. The quantitative estimate of drug-likeness (QED) is 0.387. The highest BCUT2D eigenvalue weighted by Gasteiger charge is 2.51. The van der Waals surface area contributed by atoms with Crippen molar-refractivity contribution in [3.8, 4) is 0 Å². The van der Waals surface area contributed by atoms with Crippen LogP contribution in [0.1, 0.15) is 40.5 Å². The molecule has 0 saturated carbocycles. The Morgan fingerprint density at radius 3 is 2.00 bits per heavy atom. The van der Waals surface area contributed by atoms with Crippen molar-refractivity contribution in [2.75, 3.05) is 13.2 Å². The fourth-order valence-electron chi connectivity index (χ4n) is 1.94. The lowest BCUT2D eigenvalue weighted by atomic mass is 9.82. The van der Waals surface area contributed by atoms with Crippen LogP contribution in [0.25, 0.3) is 0 Å². The van der Waals surface area contributed by atoms with E-state index in [1.807, 2.05) is 0 Å². The van der Waals surface area contributed by atoms with Gasteiger partial charge in [-0.3, -0.25) is 14.4 Å². The number of esters is 4. The molecule has 0 aromatic heterocycles. The van der Waals surface area contributed by atoms with E-state index in [0.717, 1.165) is 6.92 Å². The molecule has 2 atom stereocenters. The van der Waals surface area contributed by atoms with E-state index in [1.165, 1.54) is 13.8 Å². The predicted octanol–water partition coefficient (Wildman–Crippen LogP) is 0.350. The third-order valence-corrected chi connectivity index (χ3v) is 2.86. The summed E-state index contributed by atoms with van der Waals surface area (Å²) in [5, 5.41) is 10.6. The molecule has 0 aromatic rings. The Balaban J connectivity index is 5.49. The first-order valence-corrected chi connectivity index (χ1v) is 7.00. The van der Waals surface area contributed by atoms with Gasteiger partial charge in [-0.2, -0.15) is 0 Å². The monoisotopic (exact) mass is 318 g/mol. The van der Waals surface area contributed by atoms with Crippen molar-refractivity contribution in [1.82, 2.24) is 0 Å². The van der Waals surface area contributed by atoms with Crippen LogP contribution in [-0.2, 0) is 33.4 Å². The predicted molar refractivity (Wildman–Crippen MR) is 73.4 cm³/mol. The Labute approximate surface area is 128 Å². The van der Waals surface area contributed by atoms with E-state index in [2.05, 4.69) is 4.74 Å². The first kappa shape index (κ1) is 20.0. The van der Waals surface area contributed by atoms with Gasteiger partial charge in [0.05, 0.1) is 25.6 Å². The summed E-state index contributed by atoms with van der Waals surface area (Å²) < 4.78 is 13.9. The van der Waals surface area contributed by atoms with Crippen LogP contribution in [-0.4, -0.2) is 47.8 Å². The van der Waals surface area contributed by atoms with Gasteiger partial charge in [0.1, 0.15) is 0 Å². The molecule has 0 saturated heterocycles. The second kappa shape index (κ2) is 9.14. The van der Waals surface area contributed by atoms with Crippen LogP contribution in [0.2, 0.25) is 0 Å². The Morgan fingerprint density at radius 1 is 1.05 bits per heavy atom. The SMILES string of the molecule is CCOC(=O)C[C@](O)(C(=O)OCC)[C@@H](CC)C(=O)OC(C)=O. The van der Waals surface area contributed by atoms with Crippen molar-refractivity contribution in [1.29, 1.82) is 0 Å². The minimum atomic E-state index is -2.45. The summed E-state index contributed by atoms with van der Waals surface area (Å²) in [4.78, 5) is 46.5. The van der Waals surface area contributed by atoms with E-state index in [0.29, 0.717) is 0 Å². The molecule has 8 nitrogen and oxygen atoms in total. The molecule has 0 aliphatic carbocycles. The van der Waals surface area contributed by atoms with Crippen molar-refractivity contribution in [2.24, 2.45) is 5.92 Å². The number of carbonyl (C=O) groups is 4. The van der Waals surface area contributed by atoms with Crippen molar-refractivity contribution >= 4 is 23.9 Å². The smallest absolute Gasteiger partial charge is 0.339 e. The molecule has 0 aliphatic rings. The van der Waals surface area contributed by atoms with Crippen LogP contribution < -0.4 is 0 Å². The number of carbonyl (C=O) groups excluding carboxylic acids is 4. The van der Waals surface area contributed by atoms with Crippen molar-refractivity contribution in [3.63, 3.8) is 0 Å². The maximum Gasteiger partial charge on any atom is 0.339 e. The second-order valence-corrected chi connectivity index (χ2v) is 4.50. The topological polar surface area (TPSA) is 116 Å². The minimum absolute atomic E-state index is 0.0408. The molecule has 0 spiro atoms. The van der Waals surface area contributed by atoms with Gasteiger partial charge in [0.25, 0.3) is 0 Å². The molecule has 0 heterocycles. The standard InChI is InChI=1S/C14H22O8/c1-5-10(12(17)22-9(4)15)14(19,13(18)21-7-3)8-11(16)20-6-2/h10,19H,5-8H2,1-4H3/t10-,14+/m0/s1. The highest BCUT2D eigenvalue weighted by atomic mass is 16.6. The summed E-state index contributed by atoms with van der Waals surface area (Å²) in [5.74, 6) is -5.43. The summed E-state index contributed by atoms with van der Waals surface area (Å²) in [6, 6.07) is 0. The molecular formula is C14H22O8. The molecule has 126 valence electrons. The Morgan fingerprint density at radius 2 is 1.59 bits per heavy atom. The molecule has 0 fully saturated rings. The van der Waals surface area contributed by atoms with Crippen molar-refractivity contribution in [2.45, 2.75) is 46.1 Å². The zero-order chi connectivity index (χ0) is 17.3. The molecule has 1 N–H and O–H groups in total. The molecule has 0 unspecified atom stereocenters.